The molecule has 0 aliphatic carbocycles. The Labute approximate surface area is 149 Å². The minimum absolute atomic E-state index is 0.0269. The zero-order valence-corrected chi connectivity index (χ0v) is 14.9. The topological polar surface area (TPSA) is 63.1 Å². The van der Waals surface area contributed by atoms with Crippen molar-refractivity contribution in [3.8, 4) is 0 Å². The van der Waals surface area contributed by atoms with Crippen LogP contribution in [0.2, 0.25) is 0 Å². The van der Waals surface area contributed by atoms with E-state index in [1.807, 2.05) is 36.3 Å². The van der Waals surface area contributed by atoms with Gasteiger partial charge in [-0.15, -0.1) is 0 Å². The normalized spacial score (nSPS) is 18.2. The van der Waals surface area contributed by atoms with E-state index in [-0.39, 0.29) is 11.9 Å². The fraction of sp³-hybridized carbons (Fsp3) is 0.526. The Bertz CT molecular complexity index is 669. The number of aryl methyl sites for hydroxylation is 2. The summed E-state index contributed by atoms with van der Waals surface area (Å²) in [5.74, 6) is 0.153. The molecular formula is C19H27N5O. The molecule has 0 spiro atoms. The van der Waals surface area contributed by atoms with Crippen molar-refractivity contribution >= 4 is 5.91 Å². The molecule has 0 saturated carbocycles. The SMILES string of the molecule is Cc1cnn(CCCNC(=O)[C@H]2CCCCN2Cc2cccnc2)c1. The lowest BCUT2D eigenvalue weighted by molar-refractivity contribution is -0.127. The fourth-order valence-electron chi connectivity index (χ4n) is 3.36. The zero-order chi connectivity index (χ0) is 17.5. The predicted octanol–water partition coefficient (Wildman–Crippen LogP) is 2.15. The molecule has 25 heavy (non-hydrogen) atoms. The lowest BCUT2D eigenvalue weighted by Crippen LogP contribution is -2.49. The molecule has 3 rings (SSSR count). The van der Waals surface area contributed by atoms with E-state index in [9.17, 15) is 4.79 Å². The van der Waals surface area contributed by atoms with Crippen LogP contribution in [0.5, 0.6) is 0 Å². The maximum atomic E-state index is 12.6. The molecule has 134 valence electrons. The second-order valence-electron chi connectivity index (χ2n) is 6.77. The number of piperidine rings is 1. The molecule has 6 nitrogen and oxygen atoms in total. The van der Waals surface area contributed by atoms with Crippen LogP contribution in [0.15, 0.2) is 36.9 Å². The Kier molecular flexibility index (Phi) is 6.17. The van der Waals surface area contributed by atoms with Crippen LogP contribution < -0.4 is 5.32 Å². The molecule has 2 aromatic rings. The summed E-state index contributed by atoms with van der Waals surface area (Å²) in [6.45, 7) is 5.32. The van der Waals surface area contributed by atoms with Crippen molar-refractivity contribution in [1.29, 1.82) is 0 Å². The fourth-order valence-corrected chi connectivity index (χ4v) is 3.36. The van der Waals surface area contributed by atoms with Crippen LogP contribution in [-0.4, -0.2) is 44.7 Å². The number of amides is 1. The third-order valence-electron chi connectivity index (χ3n) is 4.65. The molecule has 0 unspecified atom stereocenters. The zero-order valence-electron chi connectivity index (χ0n) is 14.9. The van der Waals surface area contributed by atoms with Gasteiger partial charge in [0.15, 0.2) is 0 Å². The molecule has 1 atom stereocenters. The highest BCUT2D eigenvalue weighted by Gasteiger charge is 2.28. The van der Waals surface area contributed by atoms with E-state index in [0.717, 1.165) is 56.4 Å². The van der Waals surface area contributed by atoms with E-state index >= 15 is 0 Å². The molecule has 1 aliphatic heterocycles. The standard InChI is InChI=1S/C19H27N5O/c1-16-12-22-24(14-16)11-5-9-21-19(25)18-7-2-3-10-23(18)15-17-6-4-8-20-13-17/h4,6,8,12-14,18H,2-3,5,7,9-11,15H2,1H3,(H,21,25)/t18-/m1/s1. The van der Waals surface area contributed by atoms with E-state index in [2.05, 4.69) is 26.4 Å². The molecule has 0 bridgehead atoms. The lowest BCUT2D eigenvalue weighted by atomic mass is 10.0. The number of hydrogen-bond donors (Lipinski definition) is 1. The van der Waals surface area contributed by atoms with E-state index in [0.29, 0.717) is 6.54 Å². The number of aromatic nitrogens is 3. The van der Waals surface area contributed by atoms with E-state index < -0.39 is 0 Å². The number of likely N-dealkylation sites (tertiary alicyclic amines) is 1. The number of carbonyl (C=O) groups is 1. The first-order valence-corrected chi connectivity index (χ1v) is 9.12. The quantitative estimate of drug-likeness (QED) is 0.784. The highest BCUT2D eigenvalue weighted by molar-refractivity contribution is 5.81. The molecule has 0 aromatic carbocycles. The Morgan fingerprint density at radius 1 is 1.36 bits per heavy atom. The van der Waals surface area contributed by atoms with E-state index in [1.165, 1.54) is 0 Å². The number of nitrogens with one attached hydrogen (secondary N) is 1. The van der Waals surface area contributed by atoms with Crippen molar-refractivity contribution in [3.63, 3.8) is 0 Å². The summed E-state index contributed by atoms with van der Waals surface area (Å²) < 4.78 is 1.93. The largest absolute Gasteiger partial charge is 0.355 e. The van der Waals surface area contributed by atoms with Crippen molar-refractivity contribution in [3.05, 3.63) is 48.0 Å². The van der Waals surface area contributed by atoms with Crippen LogP contribution in [0, 0.1) is 6.92 Å². The molecule has 1 aliphatic rings. The monoisotopic (exact) mass is 341 g/mol. The van der Waals surface area contributed by atoms with Gasteiger partial charge in [-0.25, -0.2) is 0 Å². The second-order valence-corrected chi connectivity index (χ2v) is 6.77. The van der Waals surface area contributed by atoms with Gasteiger partial charge in [-0.1, -0.05) is 12.5 Å². The highest BCUT2D eigenvalue weighted by Crippen LogP contribution is 2.19. The van der Waals surface area contributed by atoms with Crippen molar-refractivity contribution in [2.24, 2.45) is 0 Å². The summed E-state index contributed by atoms with van der Waals surface area (Å²) in [5, 5.41) is 7.38. The Balaban J connectivity index is 1.47. The van der Waals surface area contributed by atoms with Crippen LogP contribution in [0.1, 0.15) is 36.8 Å². The van der Waals surface area contributed by atoms with Gasteiger partial charge in [0.25, 0.3) is 0 Å². The first-order chi connectivity index (χ1) is 12.2. The van der Waals surface area contributed by atoms with Crippen LogP contribution in [0.25, 0.3) is 0 Å². The van der Waals surface area contributed by atoms with Crippen molar-refractivity contribution < 1.29 is 4.79 Å². The average Bonchev–Trinajstić information content (AvgIpc) is 3.05. The smallest absolute Gasteiger partial charge is 0.237 e. The average molecular weight is 341 g/mol. The molecule has 1 N–H and O–H groups in total. The number of hydrogen-bond acceptors (Lipinski definition) is 4. The maximum absolute atomic E-state index is 12.6. The Morgan fingerprint density at radius 2 is 2.28 bits per heavy atom. The first kappa shape index (κ1) is 17.6. The van der Waals surface area contributed by atoms with Crippen molar-refractivity contribution in [2.75, 3.05) is 13.1 Å². The highest BCUT2D eigenvalue weighted by atomic mass is 16.2. The van der Waals surface area contributed by atoms with Crippen molar-refractivity contribution in [2.45, 2.75) is 51.7 Å². The van der Waals surface area contributed by atoms with Gasteiger partial charge < -0.3 is 5.32 Å². The molecule has 2 aromatic heterocycles. The maximum Gasteiger partial charge on any atom is 0.237 e. The van der Waals surface area contributed by atoms with Gasteiger partial charge in [0, 0.05) is 38.2 Å². The van der Waals surface area contributed by atoms with Crippen molar-refractivity contribution in [1.82, 2.24) is 25.0 Å². The molecule has 6 heteroatoms. The van der Waals surface area contributed by atoms with Gasteiger partial charge in [0.05, 0.1) is 12.2 Å². The van der Waals surface area contributed by atoms with Gasteiger partial charge in [-0.05, 0) is 49.9 Å². The molecule has 1 saturated heterocycles. The van der Waals surface area contributed by atoms with Crippen LogP contribution >= 0.6 is 0 Å². The summed E-state index contributed by atoms with van der Waals surface area (Å²) in [6.07, 6.45) is 11.7. The lowest BCUT2D eigenvalue weighted by Gasteiger charge is -2.34. The summed E-state index contributed by atoms with van der Waals surface area (Å²) in [4.78, 5) is 19.1. The van der Waals surface area contributed by atoms with Gasteiger partial charge >= 0.3 is 0 Å². The van der Waals surface area contributed by atoms with Gasteiger partial charge in [-0.3, -0.25) is 19.4 Å². The molecular weight excluding hydrogens is 314 g/mol. The van der Waals surface area contributed by atoms with E-state index in [1.54, 1.807) is 6.20 Å². The minimum atomic E-state index is -0.0269. The van der Waals surface area contributed by atoms with Crippen LogP contribution in [0.3, 0.4) is 0 Å². The van der Waals surface area contributed by atoms with Crippen LogP contribution in [0.4, 0.5) is 0 Å². The molecule has 1 amide bonds. The Morgan fingerprint density at radius 3 is 3.04 bits per heavy atom. The van der Waals surface area contributed by atoms with E-state index in [4.69, 9.17) is 0 Å². The number of pyridine rings is 1. The summed E-state index contributed by atoms with van der Waals surface area (Å²) in [7, 11) is 0. The molecule has 0 radical (unpaired) electrons. The van der Waals surface area contributed by atoms with Crippen LogP contribution in [-0.2, 0) is 17.9 Å². The summed E-state index contributed by atoms with van der Waals surface area (Å²) >= 11 is 0. The molecule has 1 fully saturated rings. The van der Waals surface area contributed by atoms with Gasteiger partial charge in [0.1, 0.15) is 0 Å². The predicted molar refractivity (Wildman–Crippen MR) is 96.9 cm³/mol. The molecule has 3 heterocycles. The number of nitrogens with zero attached hydrogens (tertiary/aromatic N) is 4. The first-order valence-electron chi connectivity index (χ1n) is 9.12. The summed E-state index contributed by atoms with van der Waals surface area (Å²) in [5.41, 5.74) is 2.33. The Hall–Kier alpha value is -2.21. The third kappa shape index (κ3) is 5.13. The third-order valence-corrected chi connectivity index (χ3v) is 4.65. The second kappa shape index (κ2) is 8.76. The minimum Gasteiger partial charge on any atom is -0.355 e. The number of rotatable bonds is 7. The van der Waals surface area contributed by atoms with Gasteiger partial charge in [-0.2, -0.15) is 5.10 Å². The number of carbonyl (C=O) groups excluding carboxylic acids is 1. The van der Waals surface area contributed by atoms with Gasteiger partial charge in [0.2, 0.25) is 5.91 Å². The summed E-state index contributed by atoms with van der Waals surface area (Å²) in [6, 6.07) is 3.99.